The summed E-state index contributed by atoms with van der Waals surface area (Å²) in [4.78, 5) is 2.11. The molecule has 1 saturated heterocycles. The van der Waals surface area contributed by atoms with Crippen molar-refractivity contribution in [2.45, 2.75) is 31.8 Å². The molecule has 24 heavy (non-hydrogen) atoms. The number of halogens is 3. The Morgan fingerprint density at radius 1 is 1.12 bits per heavy atom. The molecule has 1 aromatic heterocycles. The highest BCUT2D eigenvalue weighted by atomic mass is 19.2. The van der Waals surface area contributed by atoms with Crippen LogP contribution in [0.2, 0.25) is 0 Å². The van der Waals surface area contributed by atoms with Gasteiger partial charge in [0.2, 0.25) is 0 Å². The maximum Gasteiger partial charge on any atom is 0.194 e. The molecular formula is C17H20F3N3O. The number of aliphatic hydroxyl groups is 1. The average Bonchev–Trinajstić information content (AvgIpc) is 3.02. The third kappa shape index (κ3) is 3.62. The molecule has 7 heteroatoms. The lowest BCUT2D eigenvalue weighted by Crippen LogP contribution is -2.33. The lowest BCUT2D eigenvalue weighted by molar-refractivity contribution is 0.198. The second-order valence-electron chi connectivity index (χ2n) is 6.13. The number of hydrogen-bond acceptors (Lipinski definition) is 3. The normalized spacial score (nSPS) is 16.7. The van der Waals surface area contributed by atoms with E-state index in [0.29, 0.717) is 24.6 Å². The number of likely N-dealkylation sites (tertiary alicyclic amines) is 1. The predicted octanol–water partition coefficient (Wildman–Crippen LogP) is 2.67. The van der Waals surface area contributed by atoms with Gasteiger partial charge in [-0.3, -0.25) is 9.58 Å². The zero-order valence-electron chi connectivity index (χ0n) is 13.3. The molecule has 0 saturated carbocycles. The van der Waals surface area contributed by atoms with Crippen molar-refractivity contribution in [2.24, 2.45) is 0 Å². The maximum absolute atomic E-state index is 13.3. The van der Waals surface area contributed by atoms with E-state index in [1.54, 1.807) is 6.20 Å². The van der Waals surface area contributed by atoms with E-state index < -0.39 is 17.5 Å². The third-order valence-corrected chi connectivity index (χ3v) is 4.52. The molecule has 1 N–H and O–H groups in total. The largest absolute Gasteiger partial charge is 0.394 e. The fourth-order valence-corrected chi connectivity index (χ4v) is 3.32. The van der Waals surface area contributed by atoms with Crippen LogP contribution in [0.5, 0.6) is 0 Å². The van der Waals surface area contributed by atoms with Gasteiger partial charge in [0.1, 0.15) is 0 Å². The van der Waals surface area contributed by atoms with Crippen LogP contribution < -0.4 is 0 Å². The Hall–Kier alpha value is -1.86. The number of piperidine rings is 1. The summed E-state index contributed by atoms with van der Waals surface area (Å²) in [5.74, 6) is -3.35. The molecular weight excluding hydrogens is 319 g/mol. The summed E-state index contributed by atoms with van der Waals surface area (Å²) < 4.78 is 41.4. The second-order valence-corrected chi connectivity index (χ2v) is 6.13. The van der Waals surface area contributed by atoms with E-state index in [4.69, 9.17) is 5.11 Å². The number of benzene rings is 1. The quantitative estimate of drug-likeness (QED) is 0.852. The van der Waals surface area contributed by atoms with Gasteiger partial charge < -0.3 is 5.11 Å². The van der Waals surface area contributed by atoms with Gasteiger partial charge in [0.15, 0.2) is 17.5 Å². The average molecular weight is 339 g/mol. The van der Waals surface area contributed by atoms with Crippen LogP contribution in [0.3, 0.4) is 0 Å². The van der Waals surface area contributed by atoms with Crippen LogP contribution >= 0.6 is 0 Å². The van der Waals surface area contributed by atoms with Crippen molar-refractivity contribution in [3.05, 3.63) is 53.1 Å². The van der Waals surface area contributed by atoms with Crippen LogP contribution in [-0.2, 0) is 13.1 Å². The van der Waals surface area contributed by atoms with E-state index in [9.17, 15) is 13.2 Å². The smallest absolute Gasteiger partial charge is 0.194 e. The summed E-state index contributed by atoms with van der Waals surface area (Å²) in [6, 6.07) is 4.09. The molecule has 130 valence electrons. The van der Waals surface area contributed by atoms with Crippen LogP contribution in [0.4, 0.5) is 13.2 Å². The van der Waals surface area contributed by atoms with Crippen LogP contribution in [-0.4, -0.2) is 39.5 Å². The minimum absolute atomic E-state index is 0.0508. The predicted molar refractivity (Wildman–Crippen MR) is 82.9 cm³/mol. The highest BCUT2D eigenvalue weighted by Crippen LogP contribution is 2.28. The van der Waals surface area contributed by atoms with Crippen molar-refractivity contribution in [1.29, 1.82) is 0 Å². The molecule has 0 aliphatic carbocycles. The van der Waals surface area contributed by atoms with E-state index in [1.165, 1.54) is 0 Å². The molecule has 0 spiro atoms. The molecule has 2 heterocycles. The van der Waals surface area contributed by atoms with Gasteiger partial charge in [-0.2, -0.15) is 5.10 Å². The minimum Gasteiger partial charge on any atom is -0.394 e. The Bertz CT molecular complexity index is 673. The summed E-state index contributed by atoms with van der Waals surface area (Å²) in [6.07, 6.45) is 3.55. The Kier molecular flexibility index (Phi) is 5.20. The second kappa shape index (κ2) is 7.36. The lowest BCUT2D eigenvalue weighted by atomic mass is 9.93. The molecule has 0 atom stereocenters. The van der Waals surface area contributed by atoms with Crippen LogP contribution in [0, 0.1) is 17.5 Å². The zero-order valence-corrected chi connectivity index (χ0v) is 13.3. The van der Waals surface area contributed by atoms with Crippen molar-refractivity contribution in [3.8, 4) is 0 Å². The van der Waals surface area contributed by atoms with Crippen molar-refractivity contribution < 1.29 is 18.3 Å². The molecule has 4 nitrogen and oxygen atoms in total. The SMILES string of the molecule is OCCn1nccc1C1CCN(Cc2cc(F)c(F)c(F)c2)CC1. The van der Waals surface area contributed by atoms with Gasteiger partial charge in [0, 0.05) is 24.4 Å². The zero-order chi connectivity index (χ0) is 17.1. The number of nitrogens with zero attached hydrogens (tertiary/aromatic N) is 3. The van der Waals surface area contributed by atoms with Gasteiger partial charge in [-0.25, -0.2) is 13.2 Å². The molecule has 1 fully saturated rings. The first-order valence-electron chi connectivity index (χ1n) is 8.07. The van der Waals surface area contributed by atoms with Crippen molar-refractivity contribution >= 4 is 0 Å². The Morgan fingerprint density at radius 2 is 1.79 bits per heavy atom. The monoisotopic (exact) mass is 339 g/mol. The summed E-state index contributed by atoms with van der Waals surface area (Å²) in [7, 11) is 0. The number of rotatable bonds is 5. The molecule has 0 radical (unpaired) electrons. The van der Waals surface area contributed by atoms with Crippen molar-refractivity contribution in [2.75, 3.05) is 19.7 Å². The van der Waals surface area contributed by atoms with Gasteiger partial charge in [-0.05, 0) is 49.7 Å². The highest BCUT2D eigenvalue weighted by molar-refractivity contribution is 5.19. The topological polar surface area (TPSA) is 41.3 Å². The summed E-state index contributed by atoms with van der Waals surface area (Å²) >= 11 is 0. The standard InChI is InChI=1S/C17H20F3N3O/c18-14-9-12(10-15(19)17(14)20)11-22-5-2-13(3-6-22)16-1-4-21-23(16)7-8-24/h1,4,9-10,13,24H,2-3,5-8,11H2. The first-order chi connectivity index (χ1) is 11.6. The van der Waals surface area contributed by atoms with Gasteiger partial charge in [-0.15, -0.1) is 0 Å². The Morgan fingerprint density at radius 3 is 2.42 bits per heavy atom. The Balaban J connectivity index is 1.60. The van der Waals surface area contributed by atoms with Gasteiger partial charge in [0.25, 0.3) is 0 Å². The summed E-state index contributed by atoms with van der Waals surface area (Å²) in [6.45, 7) is 2.51. The fourth-order valence-electron chi connectivity index (χ4n) is 3.32. The van der Waals surface area contributed by atoms with Gasteiger partial charge in [0.05, 0.1) is 13.2 Å². The van der Waals surface area contributed by atoms with Crippen LogP contribution in [0.1, 0.15) is 30.0 Å². The van der Waals surface area contributed by atoms with Crippen molar-refractivity contribution in [1.82, 2.24) is 14.7 Å². The molecule has 0 bridgehead atoms. The lowest BCUT2D eigenvalue weighted by Gasteiger charge is -2.32. The van der Waals surface area contributed by atoms with E-state index >= 15 is 0 Å². The van der Waals surface area contributed by atoms with E-state index in [1.807, 2.05) is 10.7 Å². The number of hydrogen-bond donors (Lipinski definition) is 1. The minimum atomic E-state index is -1.42. The van der Waals surface area contributed by atoms with E-state index in [0.717, 1.165) is 43.8 Å². The molecule has 1 aliphatic rings. The first-order valence-corrected chi connectivity index (χ1v) is 8.07. The van der Waals surface area contributed by atoms with E-state index in [2.05, 4.69) is 10.00 Å². The van der Waals surface area contributed by atoms with E-state index in [-0.39, 0.29) is 6.61 Å². The van der Waals surface area contributed by atoms with Gasteiger partial charge in [-0.1, -0.05) is 0 Å². The summed E-state index contributed by atoms with van der Waals surface area (Å²) in [5, 5.41) is 13.3. The molecule has 1 aromatic carbocycles. The molecule has 1 aliphatic heterocycles. The molecule has 0 amide bonds. The Labute approximate surface area is 138 Å². The first kappa shape index (κ1) is 17.0. The molecule has 2 aromatic rings. The highest BCUT2D eigenvalue weighted by Gasteiger charge is 2.23. The molecule has 3 rings (SSSR count). The fraction of sp³-hybridized carbons (Fsp3) is 0.471. The van der Waals surface area contributed by atoms with Gasteiger partial charge >= 0.3 is 0 Å². The maximum atomic E-state index is 13.3. The third-order valence-electron chi connectivity index (χ3n) is 4.52. The summed E-state index contributed by atoms with van der Waals surface area (Å²) in [5.41, 5.74) is 1.55. The van der Waals surface area contributed by atoms with Crippen molar-refractivity contribution in [3.63, 3.8) is 0 Å². The molecule has 0 unspecified atom stereocenters. The van der Waals surface area contributed by atoms with Crippen LogP contribution in [0.15, 0.2) is 24.4 Å². The number of aliphatic hydroxyl groups excluding tert-OH is 1. The number of aromatic nitrogens is 2. The van der Waals surface area contributed by atoms with Crippen LogP contribution in [0.25, 0.3) is 0 Å².